The first kappa shape index (κ1) is 13.4. The van der Waals surface area contributed by atoms with Crippen LogP contribution in [0.4, 0.5) is 26.3 Å². The number of halogens is 7. The van der Waals surface area contributed by atoms with E-state index in [2.05, 4.69) is 4.74 Å². The first-order valence-electron chi connectivity index (χ1n) is 3.73. The third-order valence-corrected chi connectivity index (χ3v) is 2.61. The monoisotopic (exact) mass is 356 g/mol. The highest BCUT2D eigenvalue weighted by atomic mass is 127. The molecule has 0 fully saturated rings. The summed E-state index contributed by atoms with van der Waals surface area (Å²) >= 11 is 1.16. The minimum atomic E-state index is -5.01. The number of benzene rings is 1. The smallest absolute Gasteiger partial charge is 0.405 e. The maximum atomic E-state index is 12.3. The van der Waals surface area contributed by atoms with Gasteiger partial charge in [0.15, 0.2) is 0 Å². The quantitative estimate of drug-likeness (QED) is 0.541. The molecule has 0 radical (unpaired) electrons. The topological polar surface area (TPSA) is 9.23 Å². The van der Waals surface area contributed by atoms with Crippen molar-refractivity contribution in [2.45, 2.75) is 12.5 Å². The Balaban J connectivity index is 3.15. The molecule has 0 N–H and O–H groups in total. The fraction of sp³-hybridized carbons (Fsp3) is 0.250. The van der Waals surface area contributed by atoms with Crippen LogP contribution in [0.2, 0.25) is 0 Å². The largest absolute Gasteiger partial charge is 0.573 e. The zero-order valence-electron chi connectivity index (χ0n) is 7.29. The lowest BCUT2D eigenvalue weighted by Crippen LogP contribution is -2.19. The Kier molecular flexibility index (Phi) is 3.60. The van der Waals surface area contributed by atoms with Crippen molar-refractivity contribution in [3.8, 4) is 5.75 Å². The average Bonchev–Trinajstić information content (AvgIpc) is 2.04. The third-order valence-electron chi connectivity index (χ3n) is 1.49. The van der Waals surface area contributed by atoms with Crippen LogP contribution in [0.25, 0.3) is 0 Å². The Bertz CT molecular complexity index is 383. The SMILES string of the molecule is FC(F)(F)Oc1cccc(C(F)(F)F)c1I. The van der Waals surface area contributed by atoms with Crippen LogP contribution in [0.1, 0.15) is 5.56 Å². The van der Waals surface area contributed by atoms with Crippen LogP contribution in [-0.4, -0.2) is 6.36 Å². The van der Waals surface area contributed by atoms with Crippen molar-refractivity contribution in [2.75, 3.05) is 0 Å². The van der Waals surface area contributed by atoms with Gasteiger partial charge in [-0.1, -0.05) is 6.07 Å². The molecule has 0 amide bonds. The van der Waals surface area contributed by atoms with Crippen molar-refractivity contribution >= 4 is 22.6 Å². The number of hydrogen-bond acceptors (Lipinski definition) is 1. The van der Waals surface area contributed by atoms with Crippen molar-refractivity contribution in [2.24, 2.45) is 0 Å². The highest BCUT2D eigenvalue weighted by Gasteiger charge is 2.37. The summed E-state index contributed by atoms with van der Waals surface area (Å²) in [7, 11) is 0. The molecule has 1 aromatic carbocycles. The van der Waals surface area contributed by atoms with Gasteiger partial charge in [-0.25, -0.2) is 0 Å². The van der Waals surface area contributed by atoms with Crippen LogP contribution in [-0.2, 0) is 6.18 Å². The summed E-state index contributed by atoms with van der Waals surface area (Å²) in [6, 6.07) is 2.36. The maximum absolute atomic E-state index is 12.3. The molecule has 0 saturated heterocycles. The predicted octanol–water partition coefficient (Wildman–Crippen LogP) is 4.21. The summed E-state index contributed by atoms with van der Waals surface area (Å²) in [5.74, 6) is -0.858. The number of hydrogen-bond donors (Lipinski definition) is 0. The van der Waals surface area contributed by atoms with Gasteiger partial charge in [0.2, 0.25) is 0 Å². The van der Waals surface area contributed by atoms with Gasteiger partial charge in [0.1, 0.15) is 5.75 Å². The highest BCUT2D eigenvalue weighted by molar-refractivity contribution is 14.1. The molecule has 0 aliphatic heterocycles. The molecular weight excluding hydrogens is 353 g/mol. The molecule has 0 atom stereocenters. The van der Waals surface area contributed by atoms with E-state index in [1.54, 1.807) is 0 Å². The van der Waals surface area contributed by atoms with Gasteiger partial charge in [0.05, 0.1) is 9.13 Å². The van der Waals surface area contributed by atoms with E-state index in [1.165, 1.54) is 0 Å². The number of rotatable bonds is 1. The number of ether oxygens (including phenoxy) is 1. The lowest BCUT2D eigenvalue weighted by molar-refractivity contribution is -0.275. The molecule has 0 aliphatic rings. The third kappa shape index (κ3) is 3.42. The van der Waals surface area contributed by atoms with E-state index >= 15 is 0 Å². The van der Waals surface area contributed by atoms with Crippen molar-refractivity contribution < 1.29 is 31.1 Å². The Morgan fingerprint density at radius 2 is 1.56 bits per heavy atom. The summed E-state index contributed by atoms with van der Waals surface area (Å²) in [6.45, 7) is 0. The molecule has 0 aliphatic carbocycles. The molecule has 0 bridgehead atoms. The fourth-order valence-electron chi connectivity index (χ4n) is 0.933. The number of alkyl halides is 6. The molecule has 1 nitrogen and oxygen atoms in total. The molecular formula is C8H3F6IO. The second-order valence-electron chi connectivity index (χ2n) is 2.66. The Morgan fingerprint density at radius 1 is 1.00 bits per heavy atom. The van der Waals surface area contributed by atoms with Crippen molar-refractivity contribution in [1.82, 2.24) is 0 Å². The second-order valence-corrected chi connectivity index (χ2v) is 3.74. The minimum absolute atomic E-state index is 0.620. The Hall–Kier alpha value is -0.670. The van der Waals surface area contributed by atoms with Crippen LogP contribution in [0.15, 0.2) is 18.2 Å². The van der Waals surface area contributed by atoms with Crippen LogP contribution in [0.3, 0.4) is 0 Å². The van der Waals surface area contributed by atoms with Crippen LogP contribution < -0.4 is 4.74 Å². The van der Waals surface area contributed by atoms with Crippen molar-refractivity contribution in [3.63, 3.8) is 0 Å². The standard InChI is InChI=1S/C8H3F6IO/c9-7(10,11)4-2-1-3-5(6(4)15)16-8(12,13)14/h1-3H. The fourth-order valence-corrected chi connectivity index (χ4v) is 1.71. The Labute approximate surface area is 99.5 Å². The van der Waals surface area contributed by atoms with Crippen LogP contribution >= 0.6 is 22.6 Å². The van der Waals surface area contributed by atoms with E-state index < -0.39 is 27.4 Å². The molecule has 1 aromatic rings. The van der Waals surface area contributed by atoms with E-state index in [1.807, 2.05) is 0 Å². The molecule has 8 heteroatoms. The van der Waals surface area contributed by atoms with Gasteiger partial charge in [0.25, 0.3) is 0 Å². The molecule has 0 heterocycles. The molecule has 0 aromatic heterocycles. The minimum Gasteiger partial charge on any atom is -0.405 e. The van der Waals surface area contributed by atoms with Crippen LogP contribution in [0, 0.1) is 3.57 Å². The zero-order valence-corrected chi connectivity index (χ0v) is 9.44. The lowest BCUT2D eigenvalue weighted by Gasteiger charge is -2.14. The van der Waals surface area contributed by atoms with E-state index in [4.69, 9.17) is 0 Å². The predicted molar refractivity (Wildman–Crippen MR) is 50.8 cm³/mol. The van der Waals surface area contributed by atoms with Crippen molar-refractivity contribution in [3.05, 3.63) is 27.3 Å². The van der Waals surface area contributed by atoms with Crippen molar-refractivity contribution in [1.29, 1.82) is 0 Å². The van der Waals surface area contributed by atoms with Crippen LogP contribution in [0.5, 0.6) is 5.75 Å². The lowest BCUT2D eigenvalue weighted by atomic mass is 10.2. The molecule has 1 rings (SSSR count). The van der Waals surface area contributed by atoms with Gasteiger partial charge in [-0.3, -0.25) is 0 Å². The summed E-state index contributed by atoms with van der Waals surface area (Å²) < 4.78 is 75.3. The first-order chi connectivity index (χ1) is 7.11. The molecule has 0 saturated carbocycles. The van der Waals surface area contributed by atoms with Gasteiger partial charge in [-0.15, -0.1) is 13.2 Å². The summed E-state index contributed by atoms with van der Waals surface area (Å²) in [5.41, 5.74) is -1.16. The van der Waals surface area contributed by atoms with Gasteiger partial charge in [-0.2, -0.15) is 13.2 Å². The Morgan fingerprint density at radius 3 is 2.00 bits per heavy atom. The summed E-state index contributed by atoms with van der Waals surface area (Å²) in [6.07, 6.45) is -9.72. The molecule has 16 heavy (non-hydrogen) atoms. The van der Waals surface area contributed by atoms with E-state index in [0.717, 1.165) is 34.7 Å². The van der Waals surface area contributed by atoms with E-state index in [0.29, 0.717) is 6.07 Å². The average molecular weight is 356 g/mol. The zero-order chi connectivity index (χ0) is 12.6. The molecule has 0 spiro atoms. The van der Waals surface area contributed by atoms with Gasteiger partial charge in [0, 0.05) is 0 Å². The maximum Gasteiger partial charge on any atom is 0.573 e. The van der Waals surface area contributed by atoms with Gasteiger partial charge >= 0.3 is 12.5 Å². The van der Waals surface area contributed by atoms with E-state index in [9.17, 15) is 26.3 Å². The first-order valence-corrected chi connectivity index (χ1v) is 4.80. The van der Waals surface area contributed by atoms with E-state index in [-0.39, 0.29) is 0 Å². The summed E-state index contributed by atoms with van der Waals surface area (Å²) in [4.78, 5) is 0. The normalized spacial score (nSPS) is 12.7. The highest BCUT2D eigenvalue weighted by Crippen LogP contribution is 2.38. The van der Waals surface area contributed by atoms with Gasteiger partial charge < -0.3 is 4.74 Å². The summed E-state index contributed by atoms with van der Waals surface area (Å²) in [5, 5.41) is 0. The molecule has 90 valence electrons. The molecule has 0 unspecified atom stereocenters. The van der Waals surface area contributed by atoms with Gasteiger partial charge in [-0.05, 0) is 34.7 Å². The second kappa shape index (κ2) is 4.30.